The van der Waals surface area contributed by atoms with Gasteiger partial charge in [-0.3, -0.25) is 4.68 Å². The summed E-state index contributed by atoms with van der Waals surface area (Å²) in [5.41, 5.74) is 7.30. The molecule has 0 amide bonds. The largest absolute Gasteiger partial charge is 0.325 e. The predicted molar refractivity (Wildman–Crippen MR) is 63.3 cm³/mol. The third-order valence-electron chi connectivity index (χ3n) is 2.25. The second-order valence-corrected chi connectivity index (χ2v) is 4.30. The highest BCUT2D eigenvalue weighted by Crippen LogP contribution is 2.18. The van der Waals surface area contributed by atoms with Gasteiger partial charge >= 0.3 is 0 Å². The highest BCUT2D eigenvalue weighted by atomic mass is 79.9. The Hall–Kier alpha value is -1.20. The van der Waals surface area contributed by atoms with Crippen LogP contribution in [0.3, 0.4) is 0 Å². The summed E-state index contributed by atoms with van der Waals surface area (Å²) >= 11 is 3.32. The molecule has 0 saturated heterocycles. The second-order valence-electron chi connectivity index (χ2n) is 3.44. The Bertz CT molecular complexity index is 496. The first-order valence-electron chi connectivity index (χ1n) is 4.85. The first kappa shape index (κ1) is 11.3. The molecule has 0 bridgehead atoms. The first-order chi connectivity index (χ1) is 7.69. The van der Waals surface area contributed by atoms with E-state index in [-0.39, 0.29) is 5.82 Å². The number of hydrogen-bond donors (Lipinski definition) is 1. The maximum absolute atomic E-state index is 12.9. The van der Waals surface area contributed by atoms with E-state index < -0.39 is 0 Å². The number of benzene rings is 1. The van der Waals surface area contributed by atoms with Crippen molar-refractivity contribution in [3.63, 3.8) is 0 Å². The number of halogens is 2. The Kier molecular flexibility index (Phi) is 3.36. The van der Waals surface area contributed by atoms with Crippen LogP contribution in [-0.4, -0.2) is 9.78 Å². The van der Waals surface area contributed by atoms with E-state index in [1.165, 1.54) is 12.1 Å². The standard InChI is InChI=1S/C11H11BrFN3/c12-11-5-9(13)2-1-8(11)7-16-4-3-10(6-14)15-16/h1-5H,6-7,14H2. The lowest BCUT2D eigenvalue weighted by Gasteiger charge is -2.04. The van der Waals surface area contributed by atoms with E-state index >= 15 is 0 Å². The third-order valence-corrected chi connectivity index (χ3v) is 2.99. The van der Waals surface area contributed by atoms with Crippen molar-refractivity contribution in [3.8, 4) is 0 Å². The monoisotopic (exact) mass is 283 g/mol. The van der Waals surface area contributed by atoms with Crippen LogP contribution in [0.1, 0.15) is 11.3 Å². The Balaban J connectivity index is 2.20. The number of rotatable bonds is 3. The molecular weight excluding hydrogens is 273 g/mol. The summed E-state index contributed by atoms with van der Waals surface area (Å²) in [4.78, 5) is 0. The maximum Gasteiger partial charge on any atom is 0.124 e. The third kappa shape index (κ3) is 2.48. The van der Waals surface area contributed by atoms with Gasteiger partial charge in [-0.1, -0.05) is 22.0 Å². The quantitative estimate of drug-likeness (QED) is 0.939. The summed E-state index contributed by atoms with van der Waals surface area (Å²) < 4.78 is 15.4. The Morgan fingerprint density at radius 1 is 1.38 bits per heavy atom. The van der Waals surface area contributed by atoms with Crippen LogP contribution in [0.5, 0.6) is 0 Å². The molecule has 1 heterocycles. The number of nitrogens with zero attached hydrogens (tertiary/aromatic N) is 2. The van der Waals surface area contributed by atoms with Gasteiger partial charge in [0.05, 0.1) is 12.2 Å². The second kappa shape index (κ2) is 4.76. The summed E-state index contributed by atoms with van der Waals surface area (Å²) in [6, 6.07) is 6.50. The molecule has 0 atom stereocenters. The molecule has 0 aliphatic rings. The molecule has 1 aromatic heterocycles. The van der Waals surface area contributed by atoms with E-state index in [1.54, 1.807) is 10.7 Å². The van der Waals surface area contributed by atoms with Gasteiger partial charge in [0.25, 0.3) is 0 Å². The number of nitrogens with two attached hydrogens (primary N) is 1. The van der Waals surface area contributed by atoms with Gasteiger partial charge in [0, 0.05) is 17.2 Å². The minimum atomic E-state index is -0.251. The normalized spacial score (nSPS) is 10.7. The van der Waals surface area contributed by atoms with Gasteiger partial charge in [-0.05, 0) is 23.8 Å². The first-order valence-corrected chi connectivity index (χ1v) is 5.64. The van der Waals surface area contributed by atoms with Crippen molar-refractivity contribution < 1.29 is 4.39 Å². The van der Waals surface area contributed by atoms with Crippen molar-refractivity contribution in [2.75, 3.05) is 0 Å². The molecule has 16 heavy (non-hydrogen) atoms. The van der Waals surface area contributed by atoms with Crippen molar-refractivity contribution >= 4 is 15.9 Å². The molecule has 0 aliphatic heterocycles. The van der Waals surface area contributed by atoms with E-state index in [1.807, 2.05) is 12.3 Å². The lowest BCUT2D eigenvalue weighted by Crippen LogP contribution is -2.04. The van der Waals surface area contributed by atoms with Crippen molar-refractivity contribution in [2.45, 2.75) is 13.1 Å². The Morgan fingerprint density at radius 2 is 2.19 bits per heavy atom. The van der Waals surface area contributed by atoms with Crippen molar-refractivity contribution in [1.29, 1.82) is 0 Å². The molecule has 0 fully saturated rings. The van der Waals surface area contributed by atoms with Crippen molar-refractivity contribution in [2.24, 2.45) is 5.73 Å². The predicted octanol–water partition coefficient (Wildman–Crippen LogP) is 2.29. The van der Waals surface area contributed by atoms with Crippen LogP contribution >= 0.6 is 15.9 Å². The van der Waals surface area contributed by atoms with Crippen LogP contribution in [0, 0.1) is 5.82 Å². The topological polar surface area (TPSA) is 43.8 Å². The molecule has 2 N–H and O–H groups in total. The van der Waals surface area contributed by atoms with Crippen molar-refractivity contribution in [1.82, 2.24) is 9.78 Å². The SMILES string of the molecule is NCc1ccn(Cc2ccc(F)cc2Br)n1. The zero-order valence-electron chi connectivity index (χ0n) is 8.53. The van der Waals surface area contributed by atoms with Crippen LogP contribution in [0.25, 0.3) is 0 Å². The van der Waals surface area contributed by atoms with E-state index in [0.29, 0.717) is 13.1 Å². The molecule has 0 spiro atoms. The summed E-state index contributed by atoms with van der Waals surface area (Å²) in [6.07, 6.45) is 1.86. The van der Waals surface area contributed by atoms with Gasteiger partial charge in [0.15, 0.2) is 0 Å². The molecule has 0 aliphatic carbocycles. The fourth-order valence-corrected chi connectivity index (χ4v) is 1.90. The number of hydrogen-bond acceptors (Lipinski definition) is 2. The molecule has 2 rings (SSSR count). The summed E-state index contributed by atoms with van der Waals surface area (Å²) in [7, 11) is 0. The highest BCUT2D eigenvalue weighted by molar-refractivity contribution is 9.10. The Labute approximate surface area is 101 Å². The smallest absolute Gasteiger partial charge is 0.124 e. The van der Waals surface area contributed by atoms with Crippen LogP contribution in [0.4, 0.5) is 4.39 Å². The van der Waals surface area contributed by atoms with Gasteiger partial charge < -0.3 is 5.73 Å². The van der Waals surface area contributed by atoms with Gasteiger partial charge in [-0.2, -0.15) is 5.10 Å². The van der Waals surface area contributed by atoms with Crippen LogP contribution in [0.15, 0.2) is 34.9 Å². The molecule has 2 aromatic rings. The Morgan fingerprint density at radius 3 is 2.81 bits per heavy atom. The van der Waals surface area contributed by atoms with Crippen LogP contribution in [-0.2, 0) is 13.1 Å². The number of aromatic nitrogens is 2. The summed E-state index contributed by atoms with van der Waals surface area (Å²) in [5.74, 6) is -0.251. The maximum atomic E-state index is 12.9. The lowest BCUT2D eigenvalue weighted by molar-refractivity contribution is 0.622. The average Bonchev–Trinajstić information content (AvgIpc) is 2.70. The molecule has 1 aromatic carbocycles. The molecule has 3 nitrogen and oxygen atoms in total. The lowest BCUT2D eigenvalue weighted by atomic mass is 10.2. The van der Waals surface area contributed by atoms with E-state index in [0.717, 1.165) is 15.7 Å². The molecule has 0 unspecified atom stereocenters. The van der Waals surface area contributed by atoms with E-state index in [9.17, 15) is 4.39 Å². The van der Waals surface area contributed by atoms with Gasteiger partial charge in [0.1, 0.15) is 5.82 Å². The minimum Gasteiger partial charge on any atom is -0.325 e. The van der Waals surface area contributed by atoms with Crippen LogP contribution < -0.4 is 5.73 Å². The summed E-state index contributed by atoms with van der Waals surface area (Å²) in [6.45, 7) is 1.03. The fourth-order valence-electron chi connectivity index (χ4n) is 1.43. The molecule has 84 valence electrons. The molecule has 5 heteroatoms. The summed E-state index contributed by atoms with van der Waals surface area (Å²) in [5, 5.41) is 4.26. The van der Waals surface area contributed by atoms with Crippen LogP contribution in [0.2, 0.25) is 0 Å². The average molecular weight is 284 g/mol. The highest BCUT2D eigenvalue weighted by Gasteiger charge is 2.03. The van der Waals surface area contributed by atoms with Gasteiger partial charge in [0.2, 0.25) is 0 Å². The van der Waals surface area contributed by atoms with Crippen molar-refractivity contribution in [3.05, 3.63) is 52.0 Å². The molecule has 0 radical (unpaired) electrons. The molecule has 0 saturated carbocycles. The zero-order valence-corrected chi connectivity index (χ0v) is 10.1. The minimum absolute atomic E-state index is 0.251. The fraction of sp³-hybridized carbons (Fsp3) is 0.182. The van der Waals surface area contributed by atoms with Gasteiger partial charge in [-0.25, -0.2) is 4.39 Å². The zero-order chi connectivity index (χ0) is 11.5. The van der Waals surface area contributed by atoms with E-state index in [2.05, 4.69) is 21.0 Å². The van der Waals surface area contributed by atoms with Gasteiger partial charge in [-0.15, -0.1) is 0 Å². The van der Waals surface area contributed by atoms with E-state index in [4.69, 9.17) is 5.73 Å². The molecular formula is C11H11BrFN3.